The molecule has 4 N–H and O–H groups in total. The summed E-state index contributed by atoms with van der Waals surface area (Å²) in [5.41, 5.74) is 4.72. The maximum atomic E-state index is 11.3. The van der Waals surface area contributed by atoms with E-state index >= 15 is 0 Å². The number of carbonyl (C=O) groups is 2. The molecule has 9 heteroatoms. The molecule has 1 unspecified atom stereocenters. The molecule has 0 aliphatic carbocycles. The Balaban J connectivity index is 2.89. The lowest BCUT2D eigenvalue weighted by Gasteiger charge is -2.15. The predicted octanol–water partition coefficient (Wildman–Crippen LogP) is 1.00. The van der Waals surface area contributed by atoms with Crippen LogP contribution >= 0.6 is 0 Å². The van der Waals surface area contributed by atoms with Crippen LogP contribution in [0.4, 0.5) is 11.5 Å². The molecule has 1 heterocycles. The standard InChI is InChI=1S/C12H16N4O5/c1-2-7(3-10(17)18)5-14-12-9(11(13)19)4-8(6-15-12)16(20)21/h4,6-7H,2-3,5H2,1H3,(H2,13,19)(H,14,15)(H,17,18). The summed E-state index contributed by atoms with van der Waals surface area (Å²) in [7, 11) is 0. The van der Waals surface area contributed by atoms with Crippen molar-refractivity contribution in [3.63, 3.8) is 0 Å². The molecule has 0 saturated heterocycles. The van der Waals surface area contributed by atoms with Gasteiger partial charge in [0.1, 0.15) is 12.0 Å². The highest BCUT2D eigenvalue weighted by molar-refractivity contribution is 5.98. The Labute approximate surface area is 120 Å². The molecule has 0 aliphatic rings. The zero-order valence-corrected chi connectivity index (χ0v) is 11.4. The number of carbonyl (C=O) groups excluding carboxylic acids is 1. The van der Waals surface area contributed by atoms with E-state index < -0.39 is 16.8 Å². The monoisotopic (exact) mass is 296 g/mol. The van der Waals surface area contributed by atoms with E-state index in [1.807, 2.05) is 6.92 Å². The number of aliphatic carboxylic acids is 1. The van der Waals surface area contributed by atoms with Crippen LogP contribution in [0.25, 0.3) is 0 Å². The second kappa shape index (κ2) is 7.17. The summed E-state index contributed by atoms with van der Waals surface area (Å²) < 4.78 is 0. The van der Waals surface area contributed by atoms with E-state index in [4.69, 9.17) is 10.8 Å². The molecular weight excluding hydrogens is 280 g/mol. The van der Waals surface area contributed by atoms with Gasteiger partial charge in [0.05, 0.1) is 10.5 Å². The lowest BCUT2D eigenvalue weighted by Crippen LogP contribution is -2.21. The number of nitro groups is 1. The molecule has 114 valence electrons. The first-order valence-corrected chi connectivity index (χ1v) is 6.25. The fourth-order valence-electron chi connectivity index (χ4n) is 1.73. The summed E-state index contributed by atoms with van der Waals surface area (Å²) in [6, 6.07) is 1.04. The van der Waals surface area contributed by atoms with Crippen molar-refractivity contribution in [3.05, 3.63) is 27.9 Å². The van der Waals surface area contributed by atoms with E-state index in [0.29, 0.717) is 6.42 Å². The fraction of sp³-hybridized carbons (Fsp3) is 0.417. The predicted molar refractivity (Wildman–Crippen MR) is 73.9 cm³/mol. The van der Waals surface area contributed by atoms with E-state index in [0.717, 1.165) is 12.3 Å². The third-order valence-corrected chi connectivity index (χ3v) is 2.95. The Bertz CT molecular complexity index is 561. The van der Waals surface area contributed by atoms with Crippen LogP contribution in [0.2, 0.25) is 0 Å². The molecule has 9 nitrogen and oxygen atoms in total. The Morgan fingerprint density at radius 1 is 1.57 bits per heavy atom. The van der Waals surface area contributed by atoms with Crippen LogP contribution in [0.3, 0.4) is 0 Å². The van der Waals surface area contributed by atoms with Gasteiger partial charge in [-0.15, -0.1) is 0 Å². The quantitative estimate of drug-likeness (QED) is 0.478. The minimum absolute atomic E-state index is 0.0254. The van der Waals surface area contributed by atoms with Crippen LogP contribution in [-0.4, -0.2) is 33.4 Å². The Kier molecular flexibility index (Phi) is 5.58. The average Bonchev–Trinajstić information content (AvgIpc) is 2.42. The highest BCUT2D eigenvalue weighted by Crippen LogP contribution is 2.19. The van der Waals surface area contributed by atoms with Gasteiger partial charge in [-0.1, -0.05) is 13.3 Å². The summed E-state index contributed by atoms with van der Waals surface area (Å²) in [5, 5.41) is 22.2. The molecule has 0 aliphatic heterocycles. The molecule has 0 bridgehead atoms. The van der Waals surface area contributed by atoms with Crippen LogP contribution in [0, 0.1) is 16.0 Å². The molecule has 0 aromatic carbocycles. The first-order valence-electron chi connectivity index (χ1n) is 6.25. The van der Waals surface area contributed by atoms with Crippen molar-refractivity contribution < 1.29 is 19.6 Å². The maximum absolute atomic E-state index is 11.3. The van der Waals surface area contributed by atoms with Gasteiger partial charge in [-0.25, -0.2) is 4.98 Å². The van der Waals surface area contributed by atoms with Crippen LogP contribution in [-0.2, 0) is 4.79 Å². The molecule has 21 heavy (non-hydrogen) atoms. The van der Waals surface area contributed by atoms with E-state index in [1.54, 1.807) is 0 Å². The molecule has 0 fully saturated rings. The number of rotatable bonds is 8. The minimum atomic E-state index is -0.921. The molecular formula is C12H16N4O5. The van der Waals surface area contributed by atoms with Crippen LogP contribution in [0.5, 0.6) is 0 Å². The first kappa shape index (κ1) is 16.3. The van der Waals surface area contributed by atoms with E-state index in [2.05, 4.69) is 10.3 Å². The van der Waals surface area contributed by atoms with Gasteiger partial charge in [-0.2, -0.15) is 0 Å². The number of pyridine rings is 1. The SMILES string of the molecule is CCC(CNc1ncc([N+](=O)[O-])cc1C(N)=O)CC(=O)O. The number of nitrogens with one attached hydrogen (secondary N) is 1. The van der Waals surface area contributed by atoms with Gasteiger partial charge in [0.25, 0.3) is 11.6 Å². The highest BCUT2D eigenvalue weighted by Gasteiger charge is 2.17. The number of amides is 1. The third kappa shape index (κ3) is 4.71. The second-order valence-corrected chi connectivity index (χ2v) is 4.46. The van der Waals surface area contributed by atoms with Crippen molar-refractivity contribution >= 4 is 23.4 Å². The van der Waals surface area contributed by atoms with Crippen molar-refractivity contribution in [2.75, 3.05) is 11.9 Å². The molecule has 1 rings (SSSR count). The summed E-state index contributed by atoms with van der Waals surface area (Å²) in [5.74, 6) is -1.81. The van der Waals surface area contributed by atoms with Crippen molar-refractivity contribution in [3.8, 4) is 0 Å². The topological polar surface area (TPSA) is 148 Å². The number of hydrogen-bond donors (Lipinski definition) is 3. The van der Waals surface area contributed by atoms with Crippen LogP contribution in [0.1, 0.15) is 30.1 Å². The smallest absolute Gasteiger partial charge is 0.303 e. The second-order valence-electron chi connectivity index (χ2n) is 4.46. The molecule has 1 amide bonds. The Morgan fingerprint density at radius 2 is 2.24 bits per heavy atom. The summed E-state index contributed by atoms with van der Waals surface area (Å²) >= 11 is 0. The molecule has 0 spiro atoms. The van der Waals surface area contributed by atoms with E-state index in [-0.39, 0.29) is 36.0 Å². The number of anilines is 1. The summed E-state index contributed by atoms with van der Waals surface area (Å²) in [6.07, 6.45) is 1.60. The summed E-state index contributed by atoms with van der Waals surface area (Å²) in [4.78, 5) is 35.8. The number of aromatic nitrogens is 1. The number of carboxylic acids is 1. The molecule has 1 aromatic rings. The van der Waals surface area contributed by atoms with Gasteiger partial charge in [0.2, 0.25) is 0 Å². The van der Waals surface area contributed by atoms with E-state index in [9.17, 15) is 19.7 Å². The zero-order chi connectivity index (χ0) is 16.0. The largest absolute Gasteiger partial charge is 0.481 e. The lowest BCUT2D eigenvalue weighted by atomic mass is 10.0. The molecule has 0 saturated carbocycles. The molecule has 0 radical (unpaired) electrons. The van der Waals surface area contributed by atoms with Gasteiger partial charge in [0, 0.05) is 19.0 Å². The summed E-state index contributed by atoms with van der Waals surface area (Å²) in [6.45, 7) is 2.11. The lowest BCUT2D eigenvalue weighted by molar-refractivity contribution is -0.385. The van der Waals surface area contributed by atoms with Gasteiger partial charge in [-0.3, -0.25) is 19.7 Å². The first-order chi connectivity index (χ1) is 9.85. The Morgan fingerprint density at radius 3 is 2.71 bits per heavy atom. The van der Waals surface area contributed by atoms with E-state index in [1.165, 1.54) is 0 Å². The number of carboxylic acid groups (broad SMARTS) is 1. The number of hydrogen-bond acceptors (Lipinski definition) is 6. The van der Waals surface area contributed by atoms with Gasteiger partial charge >= 0.3 is 5.97 Å². The number of nitrogens with zero attached hydrogens (tertiary/aromatic N) is 2. The average molecular weight is 296 g/mol. The highest BCUT2D eigenvalue weighted by atomic mass is 16.6. The Hall–Kier alpha value is -2.71. The third-order valence-electron chi connectivity index (χ3n) is 2.95. The molecule has 1 aromatic heterocycles. The van der Waals surface area contributed by atoms with Crippen molar-refractivity contribution in [1.29, 1.82) is 0 Å². The minimum Gasteiger partial charge on any atom is -0.481 e. The zero-order valence-electron chi connectivity index (χ0n) is 11.4. The van der Waals surface area contributed by atoms with Gasteiger partial charge in [-0.05, 0) is 5.92 Å². The normalized spacial score (nSPS) is 11.7. The fourth-order valence-corrected chi connectivity index (χ4v) is 1.73. The van der Waals surface area contributed by atoms with Gasteiger partial charge in [0.15, 0.2) is 0 Å². The molecule has 1 atom stereocenters. The van der Waals surface area contributed by atoms with Crippen molar-refractivity contribution in [2.24, 2.45) is 11.7 Å². The van der Waals surface area contributed by atoms with Crippen LogP contribution in [0.15, 0.2) is 12.3 Å². The maximum Gasteiger partial charge on any atom is 0.303 e. The van der Waals surface area contributed by atoms with Crippen molar-refractivity contribution in [1.82, 2.24) is 4.98 Å². The number of primary amides is 1. The van der Waals surface area contributed by atoms with Crippen LogP contribution < -0.4 is 11.1 Å². The van der Waals surface area contributed by atoms with Gasteiger partial charge < -0.3 is 16.2 Å². The number of nitrogens with two attached hydrogens (primary N) is 1. The van der Waals surface area contributed by atoms with Crippen molar-refractivity contribution in [2.45, 2.75) is 19.8 Å².